The molecule has 1 spiro atoms. The maximum atomic E-state index is 4.51. The lowest BCUT2D eigenvalue weighted by atomic mass is 9.86. The second-order valence-corrected chi connectivity index (χ2v) is 7.54. The summed E-state index contributed by atoms with van der Waals surface area (Å²) in [5, 5.41) is 7.99. The highest BCUT2D eigenvalue weighted by molar-refractivity contribution is 14.0. The van der Waals surface area contributed by atoms with Crippen molar-refractivity contribution in [2.45, 2.75) is 44.9 Å². The first-order valence-electron chi connectivity index (χ1n) is 8.20. The lowest BCUT2D eigenvalue weighted by Crippen LogP contribution is -2.42. The van der Waals surface area contributed by atoms with Crippen LogP contribution in [0.3, 0.4) is 0 Å². The molecule has 1 saturated heterocycles. The van der Waals surface area contributed by atoms with Gasteiger partial charge in [-0.15, -0.1) is 24.0 Å². The topological polar surface area (TPSA) is 27.6 Å². The normalized spacial score (nSPS) is 21.9. The van der Waals surface area contributed by atoms with Gasteiger partial charge in [-0.1, -0.05) is 19.8 Å². The van der Waals surface area contributed by atoms with E-state index in [4.69, 9.17) is 0 Å². The molecule has 22 heavy (non-hydrogen) atoms. The van der Waals surface area contributed by atoms with Gasteiger partial charge in [0.1, 0.15) is 0 Å². The van der Waals surface area contributed by atoms with E-state index in [9.17, 15) is 0 Å². The molecular formula is C17H28IN3S. The molecule has 5 heteroatoms. The first-order chi connectivity index (χ1) is 10.2. The van der Waals surface area contributed by atoms with Gasteiger partial charge in [-0.05, 0) is 53.0 Å². The summed E-state index contributed by atoms with van der Waals surface area (Å²) in [4.78, 5) is 6.99. The summed E-state index contributed by atoms with van der Waals surface area (Å²) in [5.74, 6) is 1.64. The molecule has 0 aromatic carbocycles. The predicted octanol–water partition coefficient (Wildman–Crippen LogP) is 4.31. The molecule has 1 aliphatic heterocycles. The zero-order valence-corrected chi connectivity index (χ0v) is 16.8. The Hall–Kier alpha value is -0.300. The average molecular weight is 433 g/mol. The van der Waals surface area contributed by atoms with Gasteiger partial charge in [-0.2, -0.15) is 11.3 Å². The summed E-state index contributed by atoms with van der Waals surface area (Å²) in [6.45, 7) is 5.63. The van der Waals surface area contributed by atoms with Crippen molar-refractivity contribution >= 4 is 41.3 Å². The van der Waals surface area contributed by atoms with Gasteiger partial charge in [0, 0.05) is 26.7 Å². The number of thiophene rings is 1. The fourth-order valence-electron chi connectivity index (χ4n) is 3.90. The molecule has 3 rings (SSSR count). The summed E-state index contributed by atoms with van der Waals surface area (Å²) < 4.78 is 0. The van der Waals surface area contributed by atoms with E-state index >= 15 is 0 Å². The molecule has 0 radical (unpaired) electrons. The molecule has 1 aromatic heterocycles. The van der Waals surface area contributed by atoms with E-state index in [-0.39, 0.29) is 24.0 Å². The number of rotatable bonds is 3. The minimum absolute atomic E-state index is 0. The van der Waals surface area contributed by atoms with Crippen molar-refractivity contribution in [3.05, 3.63) is 22.4 Å². The lowest BCUT2D eigenvalue weighted by molar-refractivity contribution is 0.309. The van der Waals surface area contributed by atoms with Gasteiger partial charge in [0.05, 0.1) is 0 Å². The van der Waals surface area contributed by atoms with Gasteiger partial charge in [-0.25, -0.2) is 0 Å². The fourth-order valence-corrected chi connectivity index (χ4v) is 4.68. The van der Waals surface area contributed by atoms with Gasteiger partial charge in [0.15, 0.2) is 5.96 Å². The van der Waals surface area contributed by atoms with Crippen molar-refractivity contribution < 1.29 is 0 Å². The van der Waals surface area contributed by atoms with E-state index in [1.807, 2.05) is 7.05 Å². The van der Waals surface area contributed by atoms with E-state index < -0.39 is 0 Å². The van der Waals surface area contributed by atoms with Gasteiger partial charge < -0.3 is 10.2 Å². The summed E-state index contributed by atoms with van der Waals surface area (Å²) in [7, 11) is 1.91. The molecule has 0 amide bonds. The highest BCUT2D eigenvalue weighted by atomic mass is 127. The van der Waals surface area contributed by atoms with Crippen LogP contribution in [0.2, 0.25) is 0 Å². The Morgan fingerprint density at radius 2 is 2.18 bits per heavy atom. The van der Waals surface area contributed by atoms with Gasteiger partial charge in [0.2, 0.25) is 0 Å². The van der Waals surface area contributed by atoms with Crippen LogP contribution in [0.1, 0.15) is 50.5 Å². The number of nitrogens with one attached hydrogen (secondary N) is 1. The summed E-state index contributed by atoms with van der Waals surface area (Å²) in [6, 6.07) is 2.23. The van der Waals surface area contributed by atoms with E-state index in [2.05, 4.69) is 39.0 Å². The fraction of sp³-hybridized carbons (Fsp3) is 0.706. The SMILES string of the molecule is CN=C(NCC(C)c1ccsc1)N1CCC2(CCCC2)C1.I. The van der Waals surface area contributed by atoms with Gasteiger partial charge in [-0.3, -0.25) is 4.99 Å². The van der Waals surface area contributed by atoms with Crippen molar-refractivity contribution in [2.24, 2.45) is 10.4 Å². The molecule has 3 nitrogen and oxygen atoms in total. The zero-order valence-electron chi connectivity index (χ0n) is 13.7. The number of nitrogens with zero attached hydrogens (tertiary/aromatic N) is 2. The monoisotopic (exact) mass is 433 g/mol. The maximum Gasteiger partial charge on any atom is 0.193 e. The Balaban J connectivity index is 0.00000176. The molecule has 124 valence electrons. The molecule has 2 fully saturated rings. The molecule has 1 N–H and O–H groups in total. The molecule has 0 bridgehead atoms. The Morgan fingerprint density at radius 3 is 2.82 bits per heavy atom. The third kappa shape index (κ3) is 3.96. The molecule has 1 atom stereocenters. The third-order valence-electron chi connectivity index (χ3n) is 5.29. The largest absolute Gasteiger partial charge is 0.356 e. The summed E-state index contributed by atoms with van der Waals surface area (Å²) in [5.41, 5.74) is 2.04. The standard InChI is InChI=1S/C17H27N3S.HI/c1-14(15-5-10-21-12-15)11-19-16(18-2)20-9-8-17(13-20)6-3-4-7-17;/h5,10,12,14H,3-4,6-9,11,13H2,1-2H3,(H,18,19);1H. The maximum absolute atomic E-state index is 4.51. The molecule has 1 aromatic rings. The highest BCUT2D eigenvalue weighted by Crippen LogP contribution is 2.45. The second kappa shape index (κ2) is 7.99. The average Bonchev–Trinajstić information content (AvgIpc) is 3.23. The lowest BCUT2D eigenvalue weighted by Gasteiger charge is -2.26. The van der Waals surface area contributed by atoms with Crippen LogP contribution in [0.25, 0.3) is 0 Å². The quantitative estimate of drug-likeness (QED) is 0.437. The number of guanidine groups is 1. The van der Waals surface area contributed by atoms with Crippen molar-refractivity contribution in [2.75, 3.05) is 26.7 Å². The van der Waals surface area contributed by atoms with E-state index in [1.165, 1.54) is 50.8 Å². The predicted molar refractivity (Wildman–Crippen MR) is 107 cm³/mol. The number of hydrogen-bond acceptors (Lipinski definition) is 2. The molecular weight excluding hydrogens is 405 g/mol. The van der Waals surface area contributed by atoms with Crippen LogP contribution < -0.4 is 5.32 Å². The third-order valence-corrected chi connectivity index (χ3v) is 5.99. The Kier molecular flexibility index (Phi) is 6.56. The number of halogens is 1. The molecule has 1 aliphatic carbocycles. The minimum Gasteiger partial charge on any atom is -0.356 e. The first-order valence-corrected chi connectivity index (χ1v) is 9.14. The molecule has 1 saturated carbocycles. The summed E-state index contributed by atoms with van der Waals surface area (Å²) >= 11 is 1.78. The Bertz CT molecular complexity index is 480. The van der Waals surface area contributed by atoms with Crippen LogP contribution in [0.4, 0.5) is 0 Å². The van der Waals surface area contributed by atoms with E-state index in [1.54, 1.807) is 11.3 Å². The van der Waals surface area contributed by atoms with Gasteiger partial charge >= 0.3 is 0 Å². The molecule has 2 aliphatic rings. The first kappa shape index (κ1) is 18.0. The van der Waals surface area contributed by atoms with Crippen LogP contribution in [0.15, 0.2) is 21.8 Å². The Labute approximate surface area is 155 Å². The van der Waals surface area contributed by atoms with Crippen LogP contribution >= 0.6 is 35.3 Å². The van der Waals surface area contributed by atoms with Crippen LogP contribution in [-0.2, 0) is 0 Å². The molecule has 2 heterocycles. The van der Waals surface area contributed by atoms with E-state index in [0.29, 0.717) is 11.3 Å². The van der Waals surface area contributed by atoms with Crippen molar-refractivity contribution in [3.63, 3.8) is 0 Å². The second-order valence-electron chi connectivity index (χ2n) is 6.76. The van der Waals surface area contributed by atoms with Crippen molar-refractivity contribution in [1.29, 1.82) is 0 Å². The smallest absolute Gasteiger partial charge is 0.193 e. The van der Waals surface area contributed by atoms with Crippen molar-refractivity contribution in [3.8, 4) is 0 Å². The highest BCUT2D eigenvalue weighted by Gasteiger charge is 2.41. The number of aliphatic imine (C=N–C) groups is 1. The van der Waals surface area contributed by atoms with Crippen LogP contribution in [0.5, 0.6) is 0 Å². The van der Waals surface area contributed by atoms with Crippen LogP contribution in [0, 0.1) is 5.41 Å². The minimum atomic E-state index is 0. The number of hydrogen-bond donors (Lipinski definition) is 1. The summed E-state index contributed by atoms with van der Waals surface area (Å²) in [6.07, 6.45) is 7.05. The Morgan fingerprint density at radius 1 is 1.41 bits per heavy atom. The van der Waals surface area contributed by atoms with Crippen LogP contribution in [-0.4, -0.2) is 37.5 Å². The zero-order chi connectivity index (χ0) is 14.7. The van der Waals surface area contributed by atoms with Gasteiger partial charge in [0.25, 0.3) is 0 Å². The van der Waals surface area contributed by atoms with Crippen molar-refractivity contribution in [1.82, 2.24) is 10.2 Å². The molecule has 1 unspecified atom stereocenters. The number of likely N-dealkylation sites (tertiary alicyclic amines) is 1. The van der Waals surface area contributed by atoms with E-state index in [0.717, 1.165) is 12.5 Å².